The first kappa shape index (κ1) is 46.1. The van der Waals surface area contributed by atoms with E-state index in [4.69, 9.17) is 32.6 Å². The molecule has 0 aliphatic carbocycles. The van der Waals surface area contributed by atoms with E-state index in [-0.39, 0.29) is 23.5 Å². The summed E-state index contributed by atoms with van der Waals surface area (Å²) in [6.07, 6.45) is -1.57. The van der Waals surface area contributed by atoms with Gasteiger partial charge in [0.05, 0.1) is 32.3 Å². The highest BCUT2D eigenvalue weighted by atomic mass is 32.2. The molecule has 6 aromatic rings. The molecule has 4 atom stereocenters. The van der Waals surface area contributed by atoms with E-state index in [0.29, 0.717) is 28.2 Å². The van der Waals surface area contributed by atoms with Gasteiger partial charge in [0.1, 0.15) is 35.4 Å². The summed E-state index contributed by atoms with van der Waals surface area (Å²) < 4.78 is 74.7. The maximum Gasteiger partial charge on any atom is 0.330 e. The second kappa shape index (κ2) is 19.5. The molecule has 15 heteroatoms. The highest BCUT2D eigenvalue weighted by molar-refractivity contribution is 7.86. The third kappa shape index (κ3) is 8.93. The molecule has 64 heavy (non-hydrogen) atoms. The molecule has 0 radical (unpaired) electrons. The highest BCUT2D eigenvalue weighted by Gasteiger charge is 2.69. The second-order valence-corrected chi connectivity index (χ2v) is 17.2. The average molecular weight is 893 g/mol. The summed E-state index contributed by atoms with van der Waals surface area (Å²) >= 11 is 0. The van der Waals surface area contributed by atoms with Crippen molar-refractivity contribution >= 4 is 10.1 Å². The molecule has 1 aliphatic rings. The number of aromatic nitrogens is 2. The van der Waals surface area contributed by atoms with Crippen LogP contribution in [0.15, 0.2) is 154 Å². The zero-order chi connectivity index (χ0) is 45.5. The van der Waals surface area contributed by atoms with E-state index in [1.807, 2.05) is 91.9 Å². The Morgan fingerprint density at radius 2 is 1.31 bits per heavy atom. The van der Waals surface area contributed by atoms with Gasteiger partial charge in [0, 0.05) is 31.9 Å². The van der Waals surface area contributed by atoms with Gasteiger partial charge in [-0.2, -0.15) is 8.42 Å². The summed E-state index contributed by atoms with van der Waals surface area (Å²) in [6.45, 7) is 1.50. The van der Waals surface area contributed by atoms with Gasteiger partial charge in [-0.05, 0) is 72.5 Å². The van der Waals surface area contributed by atoms with Crippen LogP contribution in [0.1, 0.15) is 46.0 Å². The Morgan fingerprint density at radius 1 is 0.750 bits per heavy atom. The fraction of sp³-hybridized carbons (Fsp3) is 0.306. The van der Waals surface area contributed by atoms with Gasteiger partial charge in [-0.25, -0.2) is 4.79 Å². The Hall–Kier alpha value is -5.91. The van der Waals surface area contributed by atoms with Crippen LogP contribution in [0, 0.1) is 13.8 Å². The topological polar surface area (TPSA) is 174 Å². The predicted molar refractivity (Wildman–Crippen MR) is 238 cm³/mol. The molecule has 0 amide bonds. The molecule has 1 fully saturated rings. The van der Waals surface area contributed by atoms with Crippen molar-refractivity contribution in [1.29, 1.82) is 0 Å². The van der Waals surface area contributed by atoms with Crippen molar-refractivity contribution in [2.75, 3.05) is 41.2 Å². The number of hydrogen-bond donors (Lipinski definition) is 2. The van der Waals surface area contributed by atoms with Crippen molar-refractivity contribution < 1.29 is 46.1 Å². The van der Waals surface area contributed by atoms with E-state index in [1.165, 1.54) is 32.4 Å². The molecule has 1 saturated heterocycles. The largest absolute Gasteiger partial charge is 0.497 e. The minimum absolute atomic E-state index is 0.0798. The van der Waals surface area contributed by atoms with Gasteiger partial charge in [-0.3, -0.25) is 18.5 Å². The number of aliphatic hydroxyl groups excluding tert-OH is 1. The van der Waals surface area contributed by atoms with Crippen molar-refractivity contribution in [1.82, 2.24) is 9.55 Å². The van der Waals surface area contributed by atoms with Gasteiger partial charge in [-0.15, -0.1) is 0 Å². The molecule has 2 heterocycles. The lowest BCUT2D eigenvalue weighted by Crippen LogP contribution is -2.64. The number of methoxy groups -OCH3 is 3. The van der Waals surface area contributed by atoms with E-state index in [9.17, 15) is 23.1 Å². The lowest BCUT2D eigenvalue weighted by molar-refractivity contribution is -0.232. The molecule has 5 aromatic carbocycles. The van der Waals surface area contributed by atoms with E-state index in [1.54, 1.807) is 50.6 Å². The molecule has 1 aliphatic heterocycles. The minimum atomic E-state index is -4.53. The van der Waals surface area contributed by atoms with Crippen molar-refractivity contribution in [2.45, 2.75) is 60.9 Å². The summed E-state index contributed by atoms with van der Waals surface area (Å²) in [6, 6.07) is 39.6. The van der Waals surface area contributed by atoms with Gasteiger partial charge in [-0.1, -0.05) is 103 Å². The van der Waals surface area contributed by atoms with Crippen LogP contribution < -0.4 is 20.7 Å². The van der Waals surface area contributed by atoms with E-state index < -0.39 is 70.3 Å². The standard InChI is InChI=1S/C49H52N2O12S/c1-34-16-26-42(27-17-34)64(55,56)62-33-47(32-61-49(37-14-10-7-11-15-37,38-18-22-40(57-3)23-19-38)39-20-24-41(58-4)25-21-39)48(28-29-52,60-31-36-12-8-6-9-13-36)43(59-5)45(63-47)51-30-35(2)44(53)50-46(51)54/h6-27,30,43,45,52H,28-29,31-33H2,1-5H3,(H,50,53,54)/t43-,45+,47-,48-/m0/s1. The molecule has 14 nitrogen and oxygen atoms in total. The van der Waals surface area contributed by atoms with Crippen molar-refractivity contribution in [3.8, 4) is 11.5 Å². The van der Waals surface area contributed by atoms with E-state index in [2.05, 4.69) is 4.98 Å². The van der Waals surface area contributed by atoms with Crippen molar-refractivity contribution in [2.24, 2.45) is 0 Å². The third-order valence-electron chi connectivity index (χ3n) is 11.8. The van der Waals surface area contributed by atoms with Gasteiger partial charge in [0.15, 0.2) is 11.8 Å². The van der Waals surface area contributed by atoms with Crippen LogP contribution in [0.3, 0.4) is 0 Å². The van der Waals surface area contributed by atoms with Gasteiger partial charge >= 0.3 is 5.69 Å². The van der Waals surface area contributed by atoms with Crippen LogP contribution in [0.25, 0.3) is 0 Å². The van der Waals surface area contributed by atoms with Crippen molar-refractivity contribution in [3.63, 3.8) is 0 Å². The summed E-state index contributed by atoms with van der Waals surface area (Å²) in [5, 5.41) is 11.1. The highest BCUT2D eigenvalue weighted by Crippen LogP contribution is 2.53. The summed E-state index contributed by atoms with van der Waals surface area (Å²) in [5.41, 5.74) is -3.10. The lowest BCUT2D eigenvalue weighted by atomic mass is 9.77. The van der Waals surface area contributed by atoms with Crippen LogP contribution >= 0.6 is 0 Å². The molecule has 0 bridgehead atoms. The summed E-state index contributed by atoms with van der Waals surface area (Å²) in [4.78, 5) is 28.8. The molecule has 0 unspecified atom stereocenters. The van der Waals surface area contributed by atoms with Crippen molar-refractivity contribution in [3.05, 3.63) is 194 Å². The smallest absolute Gasteiger partial charge is 0.330 e. The Morgan fingerprint density at radius 3 is 1.86 bits per heavy atom. The van der Waals surface area contributed by atoms with Gasteiger partial charge in [0.2, 0.25) is 0 Å². The second-order valence-electron chi connectivity index (χ2n) is 15.6. The Kier molecular flexibility index (Phi) is 14.0. The number of hydrogen-bond acceptors (Lipinski definition) is 12. The maximum atomic E-state index is 14.3. The Labute approximate surface area is 372 Å². The summed E-state index contributed by atoms with van der Waals surface area (Å²) in [5.74, 6) is 1.18. The van der Waals surface area contributed by atoms with Crippen LogP contribution in [-0.2, 0) is 45.5 Å². The zero-order valence-electron chi connectivity index (χ0n) is 36.3. The van der Waals surface area contributed by atoms with E-state index in [0.717, 1.165) is 15.7 Å². The normalized spacial score (nSPS) is 20.0. The molecule has 1 aromatic heterocycles. The van der Waals surface area contributed by atoms with Gasteiger partial charge in [0.25, 0.3) is 15.7 Å². The van der Waals surface area contributed by atoms with Crippen LogP contribution in [0.2, 0.25) is 0 Å². The summed E-state index contributed by atoms with van der Waals surface area (Å²) in [7, 11) is 0.00714. The number of aryl methyl sites for hydroxylation is 2. The Bertz CT molecular complexity index is 2660. The monoisotopic (exact) mass is 892 g/mol. The molecular weight excluding hydrogens is 841 g/mol. The maximum absolute atomic E-state index is 14.3. The van der Waals surface area contributed by atoms with E-state index >= 15 is 0 Å². The first-order chi connectivity index (χ1) is 30.8. The molecule has 7 rings (SSSR count). The quantitative estimate of drug-likeness (QED) is 0.0697. The molecular formula is C49H52N2O12S. The average Bonchev–Trinajstić information content (AvgIpc) is 3.58. The molecule has 0 saturated carbocycles. The minimum Gasteiger partial charge on any atom is -0.497 e. The van der Waals surface area contributed by atoms with Crippen LogP contribution in [0.5, 0.6) is 11.5 Å². The molecule has 0 spiro atoms. The number of H-pyrrole nitrogens is 1. The zero-order valence-corrected chi connectivity index (χ0v) is 37.1. The predicted octanol–water partition coefficient (Wildman–Crippen LogP) is 6.21. The molecule has 336 valence electrons. The fourth-order valence-electron chi connectivity index (χ4n) is 8.37. The van der Waals surface area contributed by atoms with Gasteiger partial charge < -0.3 is 33.5 Å². The Balaban J connectivity index is 1.50. The number of nitrogens with zero attached hydrogens (tertiary/aromatic N) is 1. The van der Waals surface area contributed by atoms with Crippen LogP contribution in [0.4, 0.5) is 0 Å². The number of nitrogens with one attached hydrogen (secondary N) is 1. The molecule has 2 N–H and O–H groups in total. The first-order valence-corrected chi connectivity index (χ1v) is 22.0. The third-order valence-corrected chi connectivity index (χ3v) is 13.1. The number of benzene rings is 5. The number of rotatable bonds is 19. The lowest BCUT2D eigenvalue weighted by Gasteiger charge is -2.47. The number of aromatic amines is 1. The fourth-order valence-corrected chi connectivity index (χ4v) is 9.33. The van der Waals surface area contributed by atoms with Crippen LogP contribution in [-0.4, -0.2) is 81.5 Å². The first-order valence-electron chi connectivity index (χ1n) is 20.6. The number of aliphatic hydroxyl groups is 1. The SMILES string of the molecule is COc1ccc(C(OC[C@@]2(COS(=O)(=O)c3ccc(C)cc3)O[C@@H](n3cc(C)c(=O)[nH]c3=O)[C@H](OC)[C@]2(CCO)OCc2ccccc2)(c2ccccc2)c2ccc(OC)cc2)cc1. The number of ether oxygens (including phenoxy) is 6.